The zero-order chi connectivity index (χ0) is 21.8. The summed E-state index contributed by atoms with van der Waals surface area (Å²) >= 11 is 5.78. The first kappa shape index (κ1) is 20.6. The van der Waals surface area contributed by atoms with Gasteiger partial charge in [-0.3, -0.25) is 4.79 Å². The van der Waals surface area contributed by atoms with Crippen LogP contribution >= 0.6 is 11.6 Å². The van der Waals surface area contributed by atoms with Crippen LogP contribution in [0.25, 0.3) is 11.3 Å². The molecular formula is C23H19ClFN5O. The van der Waals surface area contributed by atoms with Crippen LogP contribution in [0, 0.1) is 12.7 Å². The molecule has 0 unspecified atom stereocenters. The fourth-order valence-corrected chi connectivity index (χ4v) is 3.24. The predicted octanol–water partition coefficient (Wildman–Crippen LogP) is 5.25. The van der Waals surface area contributed by atoms with E-state index in [1.165, 1.54) is 12.1 Å². The Bertz CT molecular complexity index is 1230. The normalized spacial score (nSPS) is 10.7. The number of halogens is 2. The lowest BCUT2D eigenvalue weighted by atomic mass is 10.1. The van der Waals surface area contributed by atoms with Gasteiger partial charge in [-0.15, -0.1) is 0 Å². The standard InChI is InChI=1S/C23H19ClFN5O/c1-14-11-28-23(29-17-5-3-2-4-6-17)30-21(14)16-10-20(26-13-16)22(31)27-12-15-7-8-19(25)18(24)9-15/h2-11,13,26H,12H2,1H3,(H,27,31)(H,28,29,30). The Morgan fingerprint density at radius 2 is 1.97 bits per heavy atom. The molecule has 6 nitrogen and oxygen atoms in total. The van der Waals surface area contributed by atoms with Crippen LogP contribution in [-0.2, 0) is 6.54 Å². The minimum absolute atomic E-state index is 0.0214. The fourth-order valence-electron chi connectivity index (χ4n) is 3.03. The van der Waals surface area contributed by atoms with E-state index in [4.69, 9.17) is 11.6 Å². The average Bonchev–Trinajstić information content (AvgIpc) is 3.26. The number of nitrogens with zero attached hydrogens (tertiary/aromatic N) is 2. The maximum Gasteiger partial charge on any atom is 0.267 e. The molecule has 2 heterocycles. The molecule has 1 amide bonds. The highest BCUT2D eigenvalue weighted by atomic mass is 35.5. The van der Waals surface area contributed by atoms with E-state index in [2.05, 4.69) is 25.6 Å². The van der Waals surface area contributed by atoms with Crippen LogP contribution in [0.3, 0.4) is 0 Å². The highest BCUT2D eigenvalue weighted by Crippen LogP contribution is 2.24. The maximum absolute atomic E-state index is 13.3. The minimum Gasteiger partial charge on any atom is -0.357 e. The highest BCUT2D eigenvalue weighted by molar-refractivity contribution is 6.30. The summed E-state index contributed by atoms with van der Waals surface area (Å²) in [5, 5.41) is 5.98. The van der Waals surface area contributed by atoms with Gasteiger partial charge >= 0.3 is 0 Å². The molecule has 8 heteroatoms. The summed E-state index contributed by atoms with van der Waals surface area (Å²) in [5.74, 6) is -0.319. The van der Waals surface area contributed by atoms with E-state index < -0.39 is 5.82 Å². The van der Waals surface area contributed by atoms with Gasteiger partial charge < -0.3 is 15.6 Å². The van der Waals surface area contributed by atoms with Crippen LogP contribution in [0.2, 0.25) is 5.02 Å². The van der Waals surface area contributed by atoms with Crippen molar-refractivity contribution in [1.29, 1.82) is 0 Å². The molecule has 0 aliphatic carbocycles. The fraction of sp³-hybridized carbons (Fsp3) is 0.0870. The lowest BCUT2D eigenvalue weighted by molar-refractivity contribution is 0.0946. The molecule has 0 fully saturated rings. The van der Waals surface area contributed by atoms with E-state index in [1.54, 1.807) is 24.5 Å². The van der Waals surface area contributed by atoms with Crippen LogP contribution in [-0.4, -0.2) is 20.9 Å². The monoisotopic (exact) mass is 435 g/mol. The molecule has 156 valence electrons. The van der Waals surface area contributed by atoms with Crippen molar-refractivity contribution in [2.24, 2.45) is 0 Å². The molecule has 0 radical (unpaired) electrons. The van der Waals surface area contributed by atoms with Crippen molar-refractivity contribution in [3.63, 3.8) is 0 Å². The molecule has 2 aromatic heterocycles. The lowest BCUT2D eigenvalue weighted by Gasteiger charge is -2.08. The van der Waals surface area contributed by atoms with Crippen LogP contribution in [0.4, 0.5) is 16.0 Å². The second kappa shape index (κ2) is 8.97. The molecule has 4 aromatic rings. The van der Waals surface area contributed by atoms with Gasteiger partial charge in [0.2, 0.25) is 5.95 Å². The quantitative estimate of drug-likeness (QED) is 0.386. The van der Waals surface area contributed by atoms with Gasteiger partial charge in [-0.25, -0.2) is 14.4 Å². The van der Waals surface area contributed by atoms with Gasteiger partial charge in [0.1, 0.15) is 11.5 Å². The summed E-state index contributed by atoms with van der Waals surface area (Å²) in [6, 6.07) is 15.7. The molecule has 2 aromatic carbocycles. The second-order valence-corrected chi connectivity index (χ2v) is 7.36. The lowest BCUT2D eigenvalue weighted by Crippen LogP contribution is -2.23. The van der Waals surface area contributed by atoms with E-state index in [0.717, 1.165) is 16.8 Å². The molecular weight excluding hydrogens is 417 g/mol. The van der Waals surface area contributed by atoms with Crippen molar-refractivity contribution in [3.8, 4) is 11.3 Å². The number of para-hydroxylation sites is 1. The number of amides is 1. The number of hydrogen-bond acceptors (Lipinski definition) is 4. The third kappa shape index (κ3) is 4.90. The Morgan fingerprint density at radius 3 is 2.74 bits per heavy atom. The number of aryl methyl sites for hydroxylation is 1. The molecule has 31 heavy (non-hydrogen) atoms. The van der Waals surface area contributed by atoms with Crippen LogP contribution in [0.5, 0.6) is 0 Å². The highest BCUT2D eigenvalue weighted by Gasteiger charge is 2.13. The summed E-state index contributed by atoms with van der Waals surface area (Å²) in [4.78, 5) is 24.4. The number of rotatable bonds is 6. The molecule has 0 bridgehead atoms. The third-order valence-corrected chi connectivity index (χ3v) is 4.93. The van der Waals surface area contributed by atoms with Gasteiger partial charge in [-0.1, -0.05) is 35.9 Å². The summed E-state index contributed by atoms with van der Waals surface area (Å²) < 4.78 is 13.3. The first-order chi connectivity index (χ1) is 15.0. The van der Waals surface area contributed by atoms with Crippen LogP contribution in [0.15, 0.2) is 67.0 Å². The van der Waals surface area contributed by atoms with E-state index >= 15 is 0 Å². The largest absolute Gasteiger partial charge is 0.357 e. The molecule has 0 atom stereocenters. The summed E-state index contributed by atoms with van der Waals surface area (Å²) in [5.41, 5.74) is 4.34. The van der Waals surface area contributed by atoms with Gasteiger partial charge in [0, 0.05) is 30.2 Å². The maximum atomic E-state index is 13.3. The zero-order valence-electron chi connectivity index (χ0n) is 16.6. The zero-order valence-corrected chi connectivity index (χ0v) is 17.4. The molecule has 0 saturated heterocycles. The number of anilines is 2. The Balaban J connectivity index is 1.48. The Morgan fingerprint density at radius 1 is 1.16 bits per heavy atom. The number of carbonyl (C=O) groups is 1. The number of nitrogens with one attached hydrogen (secondary N) is 3. The molecule has 0 spiro atoms. The van der Waals surface area contributed by atoms with Crippen molar-refractivity contribution in [2.45, 2.75) is 13.5 Å². The van der Waals surface area contributed by atoms with Crippen LogP contribution in [0.1, 0.15) is 21.6 Å². The number of hydrogen-bond donors (Lipinski definition) is 3. The van der Waals surface area contributed by atoms with Gasteiger partial charge in [-0.05, 0) is 48.4 Å². The topological polar surface area (TPSA) is 82.7 Å². The van der Waals surface area contributed by atoms with E-state index in [9.17, 15) is 9.18 Å². The van der Waals surface area contributed by atoms with Gasteiger partial charge in [0.05, 0.1) is 10.7 Å². The van der Waals surface area contributed by atoms with Gasteiger partial charge in [0.15, 0.2) is 0 Å². The summed E-state index contributed by atoms with van der Waals surface area (Å²) in [6.07, 6.45) is 3.46. The number of carbonyl (C=O) groups excluding carboxylic acids is 1. The second-order valence-electron chi connectivity index (χ2n) is 6.95. The van der Waals surface area contributed by atoms with Crippen molar-refractivity contribution in [3.05, 3.63) is 94.7 Å². The Labute approximate surface area is 183 Å². The van der Waals surface area contributed by atoms with Crippen molar-refractivity contribution < 1.29 is 9.18 Å². The number of aromatic nitrogens is 3. The van der Waals surface area contributed by atoms with Crippen LogP contribution < -0.4 is 10.6 Å². The summed E-state index contributed by atoms with van der Waals surface area (Å²) in [6.45, 7) is 2.14. The molecule has 0 saturated carbocycles. The molecule has 3 N–H and O–H groups in total. The Hall–Kier alpha value is -3.71. The predicted molar refractivity (Wildman–Crippen MR) is 119 cm³/mol. The molecule has 0 aliphatic rings. The SMILES string of the molecule is Cc1cnc(Nc2ccccc2)nc1-c1c[nH]c(C(=O)NCc2ccc(F)c(Cl)c2)c1. The van der Waals surface area contributed by atoms with E-state index in [1.807, 2.05) is 37.3 Å². The minimum atomic E-state index is -0.493. The molecule has 0 aliphatic heterocycles. The molecule has 4 rings (SSSR count). The van der Waals surface area contributed by atoms with Crippen molar-refractivity contribution in [1.82, 2.24) is 20.3 Å². The van der Waals surface area contributed by atoms with Crippen molar-refractivity contribution >= 4 is 29.1 Å². The Kier molecular flexibility index (Phi) is 5.95. The van der Waals surface area contributed by atoms with Gasteiger partial charge in [-0.2, -0.15) is 0 Å². The first-order valence-corrected chi connectivity index (χ1v) is 9.94. The number of H-pyrrole nitrogens is 1. The van der Waals surface area contributed by atoms with E-state index in [0.29, 0.717) is 22.9 Å². The number of benzene rings is 2. The third-order valence-electron chi connectivity index (χ3n) is 4.64. The van der Waals surface area contributed by atoms with E-state index in [-0.39, 0.29) is 17.5 Å². The smallest absolute Gasteiger partial charge is 0.267 e. The number of aromatic amines is 1. The van der Waals surface area contributed by atoms with Crippen molar-refractivity contribution in [2.75, 3.05) is 5.32 Å². The van der Waals surface area contributed by atoms with Gasteiger partial charge in [0.25, 0.3) is 5.91 Å². The average molecular weight is 436 g/mol. The summed E-state index contributed by atoms with van der Waals surface area (Å²) in [7, 11) is 0. The first-order valence-electron chi connectivity index (χ1n) is 9.56.